The van der Waals surface area contributed by atoms with E-state index < -0.39 is 12.0 Å². The van der Waals surface area contributed by atoms with Gasteiger partial charge in [0.25, 0.3) is 5.91 Å². The zero-order valence-corrected chi connectivity index (χ0v) is 22.2. The van der Waals surface area contributed by atoms with Crippen molar-refractivity contribution < 1.29 is 28.6 Å². The molecule has 2 heterocycles. The van der Waals surface area contributed by atoms with Crippen molar-refractivity contribution in [2.75, 3.05) is 54.1 Å². The molecule has 0 unspecified atom stereocenters. The lowest BCUT2D eigenvalue weighted by Crippen LogP contribution is -2.54. The maximum atomic E-state index is 14.3. The third kappa shape index (κ3) is 4.82. The summed E-state index contributed by atoms with van der Waals surface area (Å²) >= 11 is 0. The lowest BCUT2D eigenvalue weighted by Gasteiger charge is -2.44. The number of amides is 3. The molecule has 2 atom stereocenters. The van der Waals surface area contributed by atoms with Gasteiger partial charge in [0.15, 0.2) is 11.5 Å². The Morgan fingerprint density at radius 3 is 2.05 bits per heavy atom. The molecule has 0 spiro atoms. The number of rotatable bonds is 7. The zero-order valence-electron chi connectivity index (χ0n) is 22.2. The van der Waals surface area contributed by atoms with Gasteiger partial charge in [0, 0.05) is 45.2 Å². The van der Waals surface area contributed by atoms with E-state index in [1.165, 1.54) is 7.11 Å². The number of fused-ring (bicyclic) bond motifs is 1. The van der Waals surface area contributed by atoms with Crippen LogP contribution in [0.15, 0.2) is 36.4 Å². The van der Waals surface area contributed by atoms with Crippen LogP contribution in [0.2, 0.25) is 0 Å². The first kappa shape index (κ1) is 26.3. The molecule has 2 aliphatic heterocycles. The molecule has 2 aliphatic rings. The molecule has 2 aromatic carbocycles. The van der Waals surface area contributed by atoms with E-state index in [-0.39, 0.29) is 17.7 Å². The van der Waals surface area contributed by atoms with Crippen molar-refractivity contribution in [1.29, 1.82) is 0 Å². The average molecular weight is 510 g/mol. The SMILES string of the molecule is CCCN1C(=O)c2ccccc2[C@@H](C(=O)N2CCN(C(C)=O)CC2)[C@H]1c1cc(OC)c(OC)c(OC)c1. The summed E-state index contributed by atoms with van der Waals surface area (Å²) in [5.41, 5.74) is 1.98. The number of ether oxygens (including phenoxy) is 3. The first-order valence-electron chi connectivity index (χ1n) is 12.6. The standard InChI is InChI=1S/C28H35N3O6/c1-6-11-31-25(19-16-22(35-3)26(37-5)23(17-19)36-4)24(20-9-7-8-10-21(20)27(31)33)28(34)30-14-12-29(13-15-30)18(2)32/h7-10,16-17,24-25H,6,11-15H2,1-5H3/t24-,25-/m1/s1. The van der Waals surface area contributed by atoms with Crippen LogP contribution in [0, 0.1) is 0 Å². The summed E-state index contributed by atoms with van der Waals surface area (Å²) in [6.07, 6.45) is 0.729. The van der Waals surface area contributed by atoms with E-state index in [0.717, 1.165) is 12.0 Å². The molecule has 2 aromatic rings. The molecule has 0 aromatic heterocycles. The molecule has 1 fully saturated rings. The summed E-state index contributed by atoms with van der Waals surface area (Å²) in [5, 5.41) is 0. The maximum Gasteiger partial charge on any atom is 0.254 e. The van der Waals surface area contributed by atoms with Crippen molar-refractivity contribution in [2.45, 2.75) is 32.2 Å². The van der Waals surface area contributed by atoms with Crippen molar-refractivity contribution in [3.05, 3.63) is 53.1 Å². The number of methoxy groups -OCH3 is 3. The number of carbonyl (C=O) groups is 3. The highest BCUT2D eigenvalue weighted by Crippen LogP contribution is 2.48. The first-order chi connectivity index (χ1) is 17.9. The molecule has 1 saturated heterocycles. The van der Waals surface area contributed by atoms with Crippen LogP contribution in [-0.2, 0) is 9.59 Å². The molecular formula is C28H35N3O6. The Balaban J connectivity index is 1.86. The van der Waals surface area contributed by atoms with Crippen LogP contribution in [0.1, 0.15) is 53.7 Å². The van der Waals surface area contributed by atoms with Crippen LogP contribution in [0.5, 0.6) is 17.2 Å². The summed E-state index contributed by atoms with van der Waals surface area (Å²) in [6, 6.07) is 10.4. The zero-order chi connectivity index (χ0) is 26.7. The van der Waals surface area contributed by atoms with Gasteiger partial charge in [-0.25, -0.2) is 0 Å². The van der Waals surface area contributed by atoms with Gasteiger partial charge in [-0.3, -0.25) is 14.4 Å². The predicted octanol–water partition coefficient (Wildman–Crippen LogP) is 3.09. The summed E-state index contributed by atoms with van der Waals surface area (Å²) in [5.74, 6) is 0.560. The summed E-state index contributed by atoms with van der Waals surface area (Å²) < 4.78 is 16.7. The first-order valence-corrected chi connectivity index (χ1v) is 12.6. The average Bonchev–Trinajstić information content (AvgIpc) is 2.93. The fourth-order valence-electron chi connectivity index (χ4n) is 5.43. The lowest BCUT2D eigenvalue weighted by molar-refractivity contribution is -0.140. The molecule has 3 amide bonds. The van der Waals surface area contributed by atoms with Crippen molar-refractivity contribution in [1.82, 2.24) is 14.7 Å². The number of benzene rings is 2. The Hall–Kier alpha value is -3.75. The van der Waals surface area contributed by atoms with Crippen molar-refractivity contribution in [3.63, 3.8) is 0 Å². The Bertz CT molecular complexity index is 1150. The molecule has 0 aliphatic carbocycles. The van der Waals surface area contributed by atoms with Crippen LogP contribution in [0.3, 0.4) is 0 Å². The molecule has 0 saturated carbocycles. The van der Waals surface area contributed by atoms with Crippen LogP contribution >= 0.6 is 0 Å². The van der Waals surface area contributed by atoms with Gasteiger partial charge >= 0.3 is 0 Å². The highest BCUT2D eigenvalue weighted by molar-refractivity contribution is 6.01. The van der Waals surface area contributed by atoms with Gasteiger partial charge in [0.05, 0.1) is 33.3 Å². The molecule has 0 N–H and O–H groups in total. The fraction of sp³-hybridized carbons (Fsp3) is 0.464. The van der Waals surface area contributed by atoms with Gasteiger partial charge in [-0.15, -0.1) is 0 Å². The summed E-state index contributed by atoms with van der Waals surface area (Å²) in [4.78, 5) is 45.2. The van der Waals surface area contributed by atoms with Gasteiger partial charge in [0.2, 0.25) is 17.6 Å². The Morgan fingerprint density at radius 2 is 1.51 bits per heavy atom. The third-order valence-corrected chi connectivity index (χ3v) is 7.23. The highest BCUT2D eigenvalue weighted by Gasteiger charge is 2.46. The third-order valence-electron chi connectivity index (χ3n) is 7.23. The summed E-state index contributed by atoms with van der Waals surface area (Å²) in [6.45, 7) is 5.91. The Labute approximate surface area is 217 Å². The second-order valence-electron chi connectivity index (χ2n) is 9.30. The van der Waals surface area contributed by atoms with Gasteiger partial charge in [0.1, 0.15) is 0 Å². The van der Waals surface area contributed by atoms with Crippen molar-refractivity contribution in [2.24, 2.45) is 0 Å². The topological polar surface area (TPSA) is 88.6 Å². The molecule has 9 heteroatoms. The summed E-state index contributed by atoms with van der Waals surface area (Å²) in [7, 11) is 4.63. The predicted molar refractivity (Wildman–Crippen MR) is 138 cm³/mol. The lowest BCUT2D eigenvalue weighted by atomic mass is 9.78. The van der Waals surface area contributed by atoms with Crippen LogP contribution < -0.4 is 14.2 Å². The molecule has 0 bridgehead atoms. The minimum Gasteiger partial charge on any atom is -0.493 e. The van der Waals surface area contributed by atoms with E-state index in [4.69, 9.17) is 14.2 Å². The van der Waals surface area contributed by atoms with Crippen molar-refractivity contribution >= 4 is 17.7 Å². The fourth-order valence-corrected chi connectivity index (χ4v) is 5.43. The second-order valence-corrected chi connectivity index (χ2v) is 9.30. The largest absolute Gasteiger partial charge is 0.493 e. The maximum absolute atomic E-state index is 14.3. The number of nitrogens with zero attached hydrogens (tertiary/aromatic N) is 3. The van der Waals surface area contributed by atoms with Crippen molar-refractivity contribution in [3.8, 4) is 17.2 Å². The monoisotopic (exact) mass is 509 g/mol. The molecular weight excluding hydrogens is 474 g/mol. The van der Waals surface area contributed by atoms with Gasteiger partial charge in [-0.2, -0.15) is 0 Å². The Kier molecular flexibility index (Phi) is 7.90. The van der Waals surface area contributed by atoms with E-state index in [1.807, 2.05) is 42.2 Å². The quantitative estimate of drug-likeness (QED) is 0.570. The van der Waals surface area contributed by atoms with Gasteiger partial charge in [-0.05, 0) is 35.7 Å². The van der Waals surface area contributed by atoms with E-state index in [1.54, 1.807) is 37.0 Å². The second kappa shape index (κ2) is 11.1. The van der Waals surface area contributed by atoms with Crippen LogP contribution in [-0.4, -0.2) is 86.5 Å². The number of piperazine rings is 1. The number of hydrogen-bond acceptors (Lipinski definition) is 6. The van der Waals surface area contributed by atoms with Gasteiger partial charge in [-0.1, -0.05) is 25.1 Å². The molecule has 0 radical (unpaired) electrons. The number of hydrogen-bond donors (Lipinski definition) is 0. The van der Waals surface area contributed by atoms with E-state index >= 15 is 0 Å². The molecule has 198 valence electrons. The van der Waals surface area contributed by atoms with E-state index in [9.17, 15) is 14.4 Å². The van der Waals surface area contributed by atoms with Gasteiger partial charge < -0.3 is 28.9 Å². The minimum atomic E-state index is -0.632. The van der Waals surface area contributed by atoms with E-state index in [2.05, 4.69) is 0 Å². The van der Waals surface area contributed by atoms with E-state index in [0.29, 0.717) is 61.1 Å². The molecule has 37 heavy (non-hydrogen) atoms. The molecule has 4 rings (SSSR count). The number of carbonyl (C=O) groups excluding carboxylic acids is 3. The minimum absolute atomic E-state index is 0.00475. The Morgan fingerprint density at radius 1 is 0.919 bits per heavy atom. The highest BCUT2D eigenvalue weighted by atomic mass is 16.5. The molecule has 9 nitrogen and oxygen atoms in total. The smallest absolute Gasteiger partial charge is 0.254 e. The normalized spacial score (nSPS) is 19.4. The van der Waals surface area contributed by atoms with Crippen LogP contribution in [0.25, 0.3) is 0 Å². The van der Waals surface area contributed by atoms with Crippen LogP contribution in [0.4, 0.5) is 0 Å².